The third-order valence-corrected chi connectivity index (χ3v) is 5.09. The maximum atomic E-state index is 12.7. The molecule has 0 spiro atoms. The Hall–Kier alpha value is -2.74. The van der Waals surface area contributed by atoms with Crippen LogP contribution >= 0.6 is 0 Å². The predicted molar refractivity (Wildman–Crippen MR) is 97.4 cm³/mol. The van der Waals surface area contributed by atoms with E-state index < -0.39 is 0 Å². The molecule has 1 unspecified atom stereocenters. The fourth-order valence-corrected chi connectivity index (χ4v) is 3.60. The van der Waals surface area contributed by atoms with Crippen LogP contribution in [0.2, 0.25) is 0 Å². The summed E-state index contributed by atoms with van der Waals surface area (Å²) in [6, 6.07) is 7.95. The van der Waals surface area contributed by atoms with Crippen LogP contribution in [0, 0.1) is 6.92 Å². The van der Waals surface area contributed by atoms with Crippen molar-refractivity contribution < 1.29 is 4.79 Å². The van der Waals surface area contributed by atoms with Gasteiger partial charge in [-0.1, -0.05) is 18.2 Å². The number of nitrogens with zero attached hydrogens (tertiary/aromatic N) is 6. The lowest BCUT2D eigenvalue weighted by Gasteiger charge is -2.32. The van der Waals surface area contributed by atoms with E-state index in [1.54, 1.807) is 0 Å². The Morgan fingerprint density at radius 2 is 2.08 bits per heavy atom. The summed E-state index contributed by atoms with van der Waals surface area (Å²) in [5.41, 5.74) is 2.12. The molecule has 0 radical (unpaired) electrons. The molecule has 0 saturated heterocycles. The maximum absolute atomic E-state index is 12.7. The van der Waals surface area contributed by atoms with Crippen LogP contribution in [0.15, 0.2) is 24.3 Å². The van der Waals surface area contributed by atoms with E-state index in [9.17, 15) is 4.79 Å². The van der Waals surface area contributed by atoms with E-state index in [4.69, 9.17) is 0 Å². The van der Waals surface area contributed by atoms with Gasteiger partial charge in [0.15, 0.2) is 0 Å². The minimum absolute atomic E-state index is 0.0338. The number of amides is 1. The second kappa shape index (κ2) is 6.53. The van der Waals surface area contributed by atoms with Crippen molar-refractivity contribution in [1.29, 1.82) is 0 Å². The van der Waals surface area contributed by atoms with Crippen molar-refractivity contribution in [3.8, 4) is 0 Å². The normalized spacial score (nSPS) is 17.4. The van der Waals surface area contributed by atoms with Crippen LogP contribution in [0.1, 0.15) is 17.3 Å². The highest BCUT2D eigenvalue weighted by Crippen LogP contribution is 2.18. The Labute approximate surface area is 151 Å². The van der Waals surface area contributed by atoms with Gasteiger partial charge in [-0.15, -0.1) is 10.2 Å². The minimum Gasteiger partial charge on any atom is -0.354 e. The van der Waals surface area contributed by atoms with Crippen molar-refractivity contribution in [3.05, 3.63) is 41.6 Å². The first kappa shape index (κ1) is 16.7. The Morgan fingerprint density at radius 1 is 1.27 bits per heavy atom. The van der Waals surface area contributed by atoms with E-state index in [-0.39, 0.29) is 11.9 Å². The molecule has 3 heterocycles. The third-order valence-electron chi connectivity index (χ3n) is 5.09. The molecule has 4 rings (SSSR count). The van der Waals surface area contributed by atoms with Crippen LogP contribution in [-0.4, -0.2) is 55.0 Å². The van der Waals surface area contributed by atoms with Gasteiger partial charge < -0.3 is 9.88 Å². The lowest BCUT2D eigenvalue weighted by Crippen LogP contribution is -2.50. The number of aromatic nitrogens is 5. The standard InChI is InChI=1S/C18H23N7O/c1-12-20-21-17-11-23(2)16(10-25(12)17)18(26)19-9-8-14-13-6-4-5-7-15(13)24(3)22-14/h4-7,16H,8-11H2,1-3H3,(H,19,26). The van der Waals surface area contributed by atoms with Crippen LogP contribution in [0.3, 0.4) is 0 Å². The molecule has 8 heteroatoms. The molecule has 0 bridgehead atoms. The Kier molecular flexibility index (Phi) is 4.20. The van der Waals surface area contributed by atoms with Crippen LogP contribution in [0.5, 0.6) is 0 Å². The van der Waals surface area contributed by atoms with Gasteiger partial charge in [0.05, 0.1) is 24.3 Å². The van der Waals surface area contributed by atoms with E-state index in [2.05, 4.69) is 32.7 Å². The molecule has 8 nitrogen and oxygen atoms in total. The highest BCUT2D eigenvalue weighted by molar-refractivity contribution is 5.83. The van der Waals surface area contributed by atoms with E-state index in [0.717, 1.165) is 28.2 Å². The van der Waals surface area contributed by atoms with Gasteiger partial charge in [-0.05, 0) is 20.0 Å². The highest BCUT2D eigenvalue weighted by Gasteiger charge is 2.30. The van der Waals surface area contributed by atoms with Gasteiger partial charge in [0.1, 0.15) is 17.7 Å². The number of nitrogens with one attached hydrogen (secondary N) is 1. The molecule has 1 aliphatic rings. The molecule has 0 fully saturated rings. The number of benzene rings is 1. The van der Waals surface area contributed by atoms with Crippen molar-refractivity contribution in [2.24, 2.45) is 7.05 Å². The monoisotopic (exact) mass is 353 g/mol. The van der Waals surface area contributed by atoms with Crippen molar-refractivity contribution in [3.63, 3.8) is 0 Å². The zero-order valence-corrected chi connectivity index (χ0v) is 15.3. The number of rotatable bonds is 4. The first-order valence-electron chi connectivity index (χ1n) is 8.82. The second-order valence-electron chi connectivity index (χ2n) is 6.83. The average Bonchev–Trinajstić information content (AvgIpc) is 3.15. The molecule has 1 aromatic carbocycles. The fourth-order valence-electron chi connectivity index (χ4n) is 3.60. The van der Waals surface area contributed by atoms with E-state index >= 15 is 0 Å². The second-order valence-corrected chi connectivity index (χ2v) is 6.83. The summed E-state index contributed by atoms with van der Waals surface area (Å²) in [6.07, 6.45) is 0.709. The van der Waals surface area contributed by atoms with Gasteiger partial charge in [-0.2, -0.15) is 5.10 Å². The number of likely N-dealkylation sites (N-methyl/N-ethyl adjacent to an activating group) is 1. The molecule has 26 heavy (non-hydrogen) atoms. The van der Waals surface area contributed by atoms with Gasteiger partial charge >= 0.3 is 0 Å². The smallest absolute Gasteiger partial charge is 0.239 e. The molecule has 1 aliphatic heterocycles. The van der Waals surface area contributed by atoms with E-state index in [0.29, 0.717) is 26.1 Å². The molecular weight excluding hydrogens is 330 g/mol. The lowest BCUT2D eigenvalue weighted by atomic mass is 10.1. The summed E-state index contributed by atoms with van der Waals surface area (Å²) in [5, 5.41) is 17.1. The van der Waals surface area contributed by atoms with Gasteiger partial charge in [0.2, 0.25) is 5.91 Å². The molecular formula is C18H23N7O. The first-order chi connectivity index (χ1) is 12.5. The van der Waals surface area contributed by atoms with E-state index in [1.165, 1.54) is 0 Å². The summed E-state index contributed by atoms with van der Waals surface area (Å²) < 4.78 is 3.91. The van der Waals surface area contributed by atoms with Crippen molar-refractivity contribution >= 4 is 16.8 Å². The molecule has 0 saturated carbocycles. The van der Waals surface area contributed by atoms with Crippen LogP contribution < -0.4 is 5.32 Å². The molecule has 1 atom stereocenters. The summed E-state index contributed by atoms with van der Waals surface area (Å²) in [6.45, 7) is 3.70. The molecule has 3 aromatic rings. The maximum Gasteiger partial charge on any atom is 0.239 e. The van der Waals surface area contributed by atoms with Gasteiger partial charge in [0.25, 0.3) is 0 Å². The third kappa shape index (κ3) is 2.86. The lowest BCUT2D eigenvalue weighted by molar-refractivity contribution is -0.127. The SMILES string of the molecule is Cc1nnc2n1CC(C(=O)NCCc1nn(C)c3ccccc13)N(C)C2. The number of para-hydroxylation sites is 1. The van der Waals surface area contributed by atoms with Crippen molar-refractivity contribution in [2.75, 3.05) is 13.6 Å². The minimum atomic E-state index is -0.210. The summed E-state index contributed by atoms with van der Waals surface area (Å²) in [4.78, 5) is 14.7. The molecule has 0 aliphatic carbocycles. The highest BCUT2D eigenvalue weighted by atomic mass is 16.2. The van der Waals surface area contributed by atoms with Crippen LogP contribution in [-0.2, 0) is 31.4 Å². The molecule has 1 amide bonds. The van der Waals surface area contributed by atoms with Gasteiger partial charge in [-0.25, -0.2) is 0 Å². The number of carbonyl (C=O) groups is 1. The Morgan fingerprint density at radius 3 is 2.92 bits per heavy atom. The summed E-state index contributed by atoms with van der Waals surface area (Å²) in [7, 11) is 3.89. The van der Waals surface area contributed by atoms with Crippen molar-refractivity contribution in [1.82, 2.24) is 34.8 Å². The van der Waals surface area contributed by atoms with Gasteiger partial charge in [0, 0.05) is 25.4 Å². The number of aryl methyl sites for hydroxylation is 2. The van der Waals surface area contributed by atoms with Crippen LogP contribution in [0.4, 0.5) is 0 Å². The Bertz CT molecular complexity index is 958. The number of carbonyl (C=O) groups excluding carboxylic acids is 1. The first-order valence-corrected chi connectivity index (χ1v) is 8.82. The van der Waals surface area contributed by atoms with Crippen molar-refractivity contribution in [2.45, 2.75) is 32.5 Å². The molecule has 2 aromatic heterocycles. The zero-order chi connectivity index (χ0) is 18.3. The number of hydrogen-bond acceptors (Lipinski definition) is 5. The average molecular weight is 353 g/mol. The summed E-state index contributed by atoms with van der Waals surface area (Å²) in [5.74, 6) is 1.80. The molecule has 136 valence electrons. The summed E-state index contributed by atoms with van der Waals surface area (Å²) >= 11 is 0. The van der Waals surface area contributed by atoms with Gasteiger partial charge in [-0.3, -0.25) is 14.4 Å². The predicted octanol–water partition coefficient (Wildman–Crippen LogP) is 0.646. The topological polar surface area (TPSA) is 80.9 Å². The zero-order valence-electron chi connectivity index (χ0n) is 15.3. The Balaban J connectivity index is 1.40. The number of fused-ring (bicyclic) bond motifs is 2. The number of hydrogen-bond donors (Lipinski definition) is 1. The fraction of sp³-hybridized carbons (Fsp3) is 0.444. The van der Waals surface area contributed by atoms with Crippen LogP contribution in [0.25, 0.3) is 10.9 Å². The van der Waals surface area contributed by atoms with E-state index in [1.807, 2.05) is 47.3 Å². The largest absolute Gasteiger partial charge is 0.354 e. The molecule has 1 N–H and O–H groups in total. The quantitative estimate of drug-likeness (QED) is 0.745.